The van der Waals surface area contributed by atoms with E-state index in [1.54, 1.807) is 7.11 Å². The van der Waals surface area contributed by atoms with Crippen LogP contribution >= 0.6 is 22.6 Å². The molecule has 0 saturated heterocycles. The van der Waals surface area contributed by atoms with Gasteiger partial charge in [-0.15, -0.1) is 0 Å². The molecule has 1 N–H and O–H groups in total. The van der Waals surface area contributed by atoms with E-state index in [9.17, 15) is 0 Å². The molecule has 21 heavy (non-hydrogen) atoms. The van der Waals surface area contributed by atoms with E-state index in [-0.39, 0.29) is 6.04 Å². The number of rotatable bonds is 4. The van der Waals surface area contributed by atoms with Gasteiger partial charge in [-0.25, -0.2) is 0 Å². The van der Waals surface area contributed by atoms with E-state index in [0.29, 0.717) is 0 Å². The van der Waals surface area contributed by atoms with Gasteiger partial charge in [0.05, 0.1) is 13.2 Å². The number of methoxy groups -OCH3 is 1. The second kappa shape index (κ2) is 6.79. The van der Waals surface area contributed by atoms with Crippen LogP contribution in [0.2, 0.25) is 0 Å². The molecule has 0 heterocycles. The predicted molar refractivity (Wildman–Crippen MR) is 97.3 cm³/mol. The number of aryl methyl sites for hydroxylation is 3. The Kier molecular flexibility index (Phi) is 5.27. The van der Waals surface area contributed by atoms with Crippen LogP contribution in [0.5, 0.6) is 5.75 Å². The summed E-state index contributed by atoms with van der Waals surface area (Å²) in [7, 11) is 3.74. The third-order valence-electron chi connectivity index (χ3n) is 3.84. The van der Waals surface area contributed by atoms with Crippen molar-refractivity contribution in [2.75, 3.05) is 14.2 Å². The fourth-order valence-electron chi connectivity index (χ4n) is 2.87. The predicted octanol–water partition coefficient (Wildman–Crippen LogP) is 4.53. The van der Waals surface area contributed by atoms with Gasteiger partial charge in [-0.1, -0.05) is 30.3 Å². The molecular weight excluding hydrogens is 373 g/mol. The summed E-state index contributed by atoms with van der Waals surface area (Å²) in [6.45, 7) is 6.36. The van der Waals surface area contributed by atoms with Crippen molar-refractivity contribution in [3.8, 4) is 5.75 Å². The maximum absolute atomic E-state index is 5.47. The fourth-order valence-corrected chi connectivity index (χ4v) is 3.54. The van der Waals surface area contributed by atoms with E-state index in [1.807, 2.05) is 7.05 Å². The van der Waals surface area contributed by atoms with E-state index in [0.717, 1.165) is 5.75 Å². The van der Waals surface area contributed by atoms with Gasteiger partial charge >= 0.3 is 0 Å². The highest BCUT2D eigenvalue weighted by Crippen LogP contribution is 2.32. The number of hydrogen-bond donors (Lipinski definition) is 1. The summed E-state index contributed by atoms with van der Waals surface area (Å²) >= 11 is 2.44. The van der Waals surface area contributed by atoms with E-state index in [4.69, 9.17) is 4.74 Å². The molecule has 0 aromatic heterocycles. The SMILES string of the molecule is CNC(c1cc(C)c(OC)c(C)c1)c1cccc(C)c1I. The van der Waals surface area contributed by atoms with Gasteiger partial charge in [-0.05, 0) is 78.2 Å². The lowest BCUT2D eigenvalue weighted by atomic mass is 9.94. The molecule has 2 aromatic carbocycles. The summed E-state index contributed by atoms with van der Waals surface area (Å²) in [4.78, 5) is 0. The molecule has 1 atom stereocenters. The quantitative estimate of drug-likeness (QED) is 0.768. The van der Waals surface area contributed by atoms with Crippen LogP contribution in [-0.2, 0) is 0 Å². The van der Waals surface area contributed by atoms with E-state index < -0.39 is 0 Å². The molecule has 0 fully saturated rings. The van der Waals surface area contributed by atoms with E-state index >= 15 is 0 Å². The Morgan fingerprint density at radius 3 is 2.19 bits per heavy atom. The monoisotopic (exact) mass is 395 g/mol. The normalized spacial score (nSPS) is 12.3. The Labute approximate surface area is 141 Å². The molecule has 0 radical (unpaired) electrons. The first-order chi connectivity index (χ1) is 9.99. The molecule has 2 aromatic rings. The second-order valence-electron chi connectivity index (χ2n) is 5.39. The van der Waals surface area contributed by atoms with Crippen LogP contribution in [0, 0.1) is 24.3 Å². The van der Waals surface area contributed by atoms with Gasteiger partial charge in [0.1, 0.15) is 5.75 Å². The molecule has 0 aliphatic heterocycles. The Morgan fingerprint density at radius 1 is 1.05 bits per heavy atom. The van der Waals surface area contributed by atoms with Gasteiger partial charge in [0, 0.05) is 3.57 Å². The second-order valence-corrected chi connectivity index (χ2v) is 6.47. The number of benzene rings is 2. The largest absolute Gasteiger partial charge is 0.496 e. The first-order valence-corrected chi connectivity index (χ1v) is 8.14. The Balaban J connectivity index is 2.54. The minimum Gasteiger partial charge on any atom is -0.496 e. The standard InChI is InChI=1S/C18H22INO/c1-11-7-6-8-15(16(11)19)17(20-4)14-9-12(2)18(21-5)13(3)10-14/h6-10,17,20H,1-5H3. The molecule has 2 nitrogen and oxygen atoms in total. The maximum atomic E-state index is 5.47. The Morgan fingerprint density at radius 2 is 1.67 bits per heavy atom. The molecule has 3 heteroatoms. The molecule has 0 saturated carbocycles. The molecule has 0 aliphatic carbocycles. The number of ether oxygens (including phenoxy) is 1. The first-order valence-electron chi connectivity index (χ1n) is 7.07. The average molecular weight is 395 g/mol. The maximum Gasteiger partial charge on any atom is 0.124 e. The van der Waals surface area contributed by atoms with Gasteiger partial charge in [0.25, 0.3) is 0 Å². The van der Waals surface area contributed by atoms with Crippen LogP contribution in [0.1, 0.15) is 33.9 Å². The van der Waals surface area contributed by atoms with Crippen molar-refractivity contribution in [1.29, 1.82) is 0 Å². The molecule has 112 valence electrons. The van der Waals surface area contributed by atoms with Gasteiger partial charge in [0.2, 0.25) is 0 Å². The van der Waals surface area contributed by atoms with Gasteiger partial charge in [0.15, 0.2) is 0 Å². The van der Waals surface area contributed by atoms with E-state index in [2.05, 4.69) is 79.0 Å². The van der Waals surface area contributed by atoms with Crippen molar-refractivity contribution in [2.24, 2.45) is 0 Å². The van der Waals surface area contributed by atoms with Crippen molar-refractivity contribution < 1.29 is 4.74 Å². The number of halogens is 1. The summed E-state index contributed by atoms with van der Waals surface area (Å²) in [6.07, 6.45) is 0. The van der Waals surface area contributed by atoms with Crippen LogP contribution in [0.4, 0.5) is 0 Å². The third kappa shape index (κ3) is 3.24. The lowest BCUT2D eigenvalue weighted by Gasteiger charge is -2.22. The molecule has 2 rings (SSSR count). The van der Waals surface area contributed by atoms with E-state index in [1.165, 1.54) is 31.4 Å². The summed E-state index contributed by atoms with van der Waals surface area (Å²) in [5.41, 5.74) is 6.26. The van der Waals surface area contributed by atoms with Crippen molar-refractivity contribution in [3.63, 3.8) is 0 Å². The van der Waals surface area contributed by atoms with Crippen LogP contribution < -0.4 is 10.1 Å². The first kappa shape index (κ1) is 16.3. The highest BCUT2D eigenvalue weighted by Gasteiger charge is 2.18. The fraction of sp³-hybridized carbons (Fsp3) is 0.333. The zero-order valence-electron chi connectivity index (χ0n) is 13.3. The Bertz CT molecular complexity index is 629. The molecular formula is C18H22INO. The molecule has 0 aliphatic rings. The van der Waals surface area contributed by atoms with Gasteiger partial charge in [-0.3, -0.25) is 0 Å². The molecule has 1 unspecified atom stereocenters. The van der Waals surface area contributed by atoms with Crippen molar-refractivity contribution in [3.05, 3.63) is 61.7 Å². The van der Waals surface area contributed by atoms with Crippen LogP contribution in [-0.4, -0.2) is 14.2 Å². The lowest BCUT2D eigenvalue weighted by molar-refractivity contribution is 0.408. The smallest absolute Gasteiger partial charge is 0.124 e. The highest BCUT2D eigenvalue weighted by molar-refractivity contribution is 14.1. The van der Waals surface area contributed by atoms with Crippen LogP contribution in [0.25, 0.3) is 0 Å². The number of nitrogens with one attached hydrogen (secondary N) is 1. The van der Waals surface area contributed by atoms with Crippen molar-refractivity contribution in [2.45, 2.75) is 26.8 Å². The summed E-state index contributed by atoms with van der Waals surface area (Å²) in [5, 5.41) is 3.45. The molecule has 0 amide bonds. The third-order valence-corrected chi connectivity index (χ3v) is 5.32. The van der Waals surface area contributed by atoms with Crippen molar-refractivity contribution >= 4 is 22.6 Å². The average Bonchev–Trinajstić information content (AvgIpc) is 2.44. The minimum absolute atomic E-state index is 0.195. The highest BCUT2D eigenvalue weighted by atomic mass is 127. The molecule has 0 bridgehead atoms. The van der Waals surface area contributed by atoms with Crippen molar-refractivity contribution in [1.82, 2.24) is 5.32 Å². The lowest BCUT2D eigenvalue weighted by Crippen LogP contribution is -2.19. The summed E-state index contributed by atoms with van der Waals surface area (Å²) < 4.78 is 6.79. The topological polar surface area (TPSA) is 21.3 Å². The van der Waals surface area contributed by atoms with Gasteiger partial charge in [-0.2, -0.15) is 0 Å². The van der Waals surface area contributed by atoms with Crippen LogP contribution in [0.3, 0.4) is 0 Å². The minimum atomic E-state index is 0.195. The summed E-state index contributed by atoms with van der Waals surface area (Å²) in [5.74, 6) is 0.979. The van der Waals surface area contributed by atoms with Gasteiger partial charge < -0.3 is 10.1 Å². The summed E-state index contributed by atoms with van der Waals surface area (Å²) in [6, 6.07) is 11.1. The molecule has 0 spiro atoms. The number of hydrogen-bond acceptors (Lipinski definition) is 2. The Hall–Kier alpha value is -1.07. The zero-order valence-corrected chi connectivity index (χ0v) is 15.4. The van der Waals surface area contributed by atoms with Crippen LogP contribution in [0.15, 0.2) is 30.3 Å². The zero-order chi connectivity index (χ0) is 15.6.